The lowest BCUT2D eigenvalue weighted by Crippen LogP contribution is -2.41. The van der Waals surface area contributed by atoms with Crippen LogP contribution >= 0.6 is 0 Å². The van der Waals surface area contributed by atoms with Gasteiger partial charge >= 0.3 is 0 Å². The second-order valence-electron chi connectivity index (χ2n) is 5.97. The molecule has 0 saturated heterocycles. The zero-order valence-electron chi connectivity index (χ0n) is 13.7. The van der Waals surface area contributed by atoms with Crippen LogP contribution in [0.3, 0.4) is 0 Å². The molecule has 2 heteroatoms. The Hall–Kier alpha value is -0.0800. The SMILES string of the molecule is CCCCC(C)N(CCN(C)C)CC(CC)CC. The molecule has 0 rings (SSSR count). The van der Waals surface area contributed by atoms with Crippen LogP contribution < -0.4 is 0 Å². The number of likely N-dealkylation sites (N-methyl/N-ethyl adjacent to an activating group) is 1. The van der Waals surface area contributed by atoms with Gasteiger partial charge in [0.15, 0.2) is 0 Å². The van der Waals surface area contributed by atoms with Crippen LogP contribution in [0.4, 0.5) is 0 Å². The first-order valence-electron chi connectivity index (χ1n) is 7.93. The van der Waals surface area contributed by atoms with Gasteiger partial charge in [-0.25, -0.2) is 0 Å². The second kappa shape index (κ2) is 10.8. The number of unbranched alkanes of at least 4 members (excludes halogenated alkanes) is 1. The molecular formula is C16H36N2. The highest BCUT2D eigenvalue weighted by Gasteiger charge is 2.16. The minimum atomic E-state index is 0.741. The Morgan fingerprint density at radius 2 is 1.56 bits per heavy atom. The lowest BCUT2D eigenvalue weighted by molar-refractivity contribution is 0.149. The molecule has 0 heterocycles. The standard InChI is InChI=1S/C16H36N2/c1-7-10-11-15(4)18(13-12-17(5)6)14-16(8-2)9-3/h15-16H,7-14H2,1-6H3. The van der Waals surface area contributed by atoms with Crippen molar-refractivity contribution < 1.29 is 0 Å². The van der Waals surface area contributed by atoms with Gasteiger partial charge in [-0.2, -0.15) is 0 Å². The van der Waals surface area contributed by atoms with Crippen molar-refractivity contribution >= 4 is 0 Å². The van der Waals surface area contributed by atoms with Crippen molar-refractivity contribution in [1.29, 1.82) is 0 Å². The Bertz CT molecular complexity index is 176. The van der Waals surface area contributed by atoms with Crippen molar-refractivity contribution in [3.05, 3.63) is 0 Å². The third-order valence-electron chi connectivity index (χ3n) is 4.08. The highest BCUT2D eigenvalue weighted by Crippen LogP contribution is 2.15. The van der Waals surface area contributed by atoms with E-state index in [0.717, 1.165) is 12.0 Å². The number of nitrogens with zero attached hydrogens (tertiary/aromatic N) is 2. The molecule has 0 bridgehead atoms. The van der Waals surface area contributed by atoms with E-state index < -0.39 is 0 Å². The fraction of sp³-hybridized carbons (Fsp3) is 1.00. The van der Waals surface area contributed by atoms with Gasteiger partial charge in [-0.3, -0.25) is 4.90 Å². The lowest BCUT2D eigenvalue weighted by atomic mass is 10.0. The normalized spacial score (nSPS) is 13.8. The maximum atomic E-state index is 2.72. The third-order valence-corrected chi connectivity index (χ3v) is 4.08. The smallest absolute Gasteiger partial charge is 0.0112 e. The van der Waals surface area contributed by atoms with Crippen molar-refractivity contribution in [1.82, 2.24) is 9.80 Å². The lowest BCUT2D eigenvalue weighted by Gasteiger charge is -2.33. The molecule has 1 atom stereocenters. The van der Waals surface area contributed by atoms with E-state index in [-0.39, 0.29) is 0 Å². The quantitative estimate of drug-likeness (QED) is 0.554. The molecule has 0 aliphatic rings. The van der Waals surface area contributed by atoms with Gasteiger partial charge < -0.3 is 4.90 Å². The molecule has 0 saturated carbocycles. The summed E-state index contributed by atoms with van der Waals surface area (Å²) in [7, 11) is 4.35. The Labute approximate surface area is 116 Å². The first-order valence-corrected chi connectivity index (χ1v) is 7.93. The summed E-state index contributed by atoms with van der Waals surface area (Å²) in [6.07, 6.45) is 6.66. The maximum Gasteiger partial charge on any atom is 0.0112 e. The Kier molecular flexibility index (Phi) is 10.8. The van der Waals surface area contributed by atoms with Crippen LogP contribution in [0.5, 0.6) is 0 Å². The predicted molar refractivity (Wildman–Crippen MR) is 83.2 cm³/mol. The molecule has 0 aliphatic carbocycles. The molecule has 0 aromatic carbocycles. The van der Waals surface area contributed by atoms with Gasteiger partial charge in [0.05, 0.1) is 0 Å². The number of rotatable bonds is 11. The van der Waals surface area contributed by atoms with Crippen molar-refractivity contribution in [2.45, 2.75) is 65.8 Å². The van der Waals surface area contributed by atoms with E-state index in [1.54, 1.807) is 0 Å². The summed E-state index contributed by atoms with van der Waals surface area (Å²) in [5, 5.41) is 0. The van der Waals surface area contributed by atoms with E-state index in [1.165, 1.54) is 51.7 Å². The van der Waals surface area contributed by atoms with Gasteiger partial charge in [0.25, 0.3) is 0 Å². The molecule has 0 aliphatic heterocycles. The van der Waals surface area contributed by atoms with Crippen LogP contribution in [0.15, 0.2) is 0 Å². The molecule has 0 aromatic heterocycles. The summed E-state index contributed by atoms with van der Waals surface area (Å²) in [6.45, 7) is 13.0. The molecule has 0 N–H and O–H groups in total. The van der Waals surface area contributed by atoms with Crippen molar-refractivity contribution in [2.24, 2.45) is 5.92 Å². The van der Waals surface area contributed by atoms with Crippen LogP contribution in [0.25, 0.3) is 0 Å². The number of hydrogen-bond acceptors (Lipinski definition) is 2. The first-order chi connectivity index (χ1) is 8.54. The largest absolute Gasteiger partial charge is 0.308 e. The zero-order chi connectivity index (χ0) is 14.0. The van der Waals surface area contributed by atoms with Crippen LogP contribution in [0.1, 0.15) is 59.8 Å². The monoisotopic (exact) mass is 256 g/mol. The maximum absolute atomic E-state index is 2.72. The summed E-state index contributed by atoms with van der Waals surface area (Å²) in [4.78, 5) is 5.01. The van der Waals surface area contributed by atoms with Gasteiger partial charge in [0, 0.05) is 25.7 Å². The molecule has 18 heavy (non-hydrogen) atoms. The van der Waals surface area contributed by atoms with Crippen LogP contribution in [0.2, 0.25) is 0 Å². The topological polar surface area (TPSA) is 6.48 Å². The third kappa shape index (κ3) is 8.10. The summed E-state index contributed by atoms with van der Waals surface area (Å²) >= 11 is 0. The summed E-state index contributed by atoms with van der Waals surface area (Å²) in [5.74, 6) is 0.872. The van der Waals surface area contributed by atoms with E-state index in [1.807, 2.05) is 0 Å². The Morgan fingerprint density at radius 3 is 2.00 bits per heavy atom. The predicted octanol–water partition coefficient (Wildman–Crippen LogP) is 3.86. The molecule has 0 fully saturated rings. The van der Waals surface area contributed by atoms with E-state index >= 15 is 0 Å². The zero-order valence-corrected chi connectivity index (χ0v) is 13.7. The van der Waals surface area contributed by atoms with E-state index in [9.17, 15) is 0 Å². The van der Waals surface area contributed by atoms with Gasteiger partial charge in [-0.05, 0) is 33.4 Å². The molecule has 2 nitrogen and oxygen atoms in total. The van der Waals surface area contributed by atoms with Crippen LogP contribution in [-0.4, -0.2) is 49.6 Å². The first kappa shape index (κ1) is 17.9. The summed E-state index contributed by atoms with van der Waals surface area (Å²) in [6, 6.07) is 0.741. The van der Waals surface area contributed by atoms with Gasteiger partial charge in [-0.1, -0.05) is 46.5 Å². The Morgan fingerprint density at radius 1 is 0.944 bits per heavy atom. The fourth-order valence-electron chi connectivity index (χ4n) is 2.38. The van der Waals surface area contributed by atoms with E-state index in [4.69, 9.17) is 0 Å². The summed E-state index contributed by atoms with van der Waals surface area (Å²) < 4.78 is 0. The highest BCUT2D eigenvalue weighted by atomic mass is 15.2. The van der Waals surface area contributed by atoms with E-state index in [0.29, 0.717) is 0 Å². The van der Waals surface area contributed by atoms with Gasteiger partial charge in [-0.15, -0.1) is 0 Å². The molecule has 110 valence electrons. The van der Waals surface area contributed by atoms with Crippen LogP contribution in [0, 0.1) is 5.92 Å². The van der Waals surface area contributed by atoms with Crippen molar-refractivity contribution in [3.8, 4) is 0 Å². The molecule has 0 amide bonds. The fourth-order valence-corrected chi connectivity index (χ4v) is 2.38. The average molecular weight is 256 g/mol. The molecular weight excluding hydrogens is 220 g/mol. The highest BCUT2D eigenvalue weighted by molar-refractivity contribution is 4.72. The van der Waals surface area contributed by atoms with Crippen molar-refractivity contribution in [2.75, 3.05) is 33.7 Å². The minimum absolute atomic E-state index is 0.741. The molecule has 0 aromatic rings. The average Bonchev–Trinajstić information content (AvgIpc) is 2.36. The van der Waals surface area contributed by atoms with Crippen molar-refractivity contribution in [3.63, 3.8) is 0 Å². The van der Waals surface area contributed by atoms with Gasteiger partial charge in [0.1, 0.15) is 0 Å². The molecule has 1 unspecified atom stereocenters. The Balaban J connectivity index is 4.29. The molecule has 0 radical (unpaired) electrons. The van der Waals surface area contributed by atoms with Crippen LogP contribution in [-0.2, 0) is 0 Å². The number of hydrogen-bond donors (Lipinski definition) is 0. The minimum Gasteiger partial charge on any atom is -0.308 e. The van der Waals surface area contributed by atoms with Gasteiger partial charge in [0.2, 0.25) is 0 Å². The summed E-state index contributed by atoms with van der Waals surface area (Å²) in [5.41, 5.74) is 0. The van der Waals surface area contributed by atoms with E-state index in [2.05, 4.69) is 51.6 Å². The second-order valence-corrected chi connectivity index (χ2v) is 5.97. The molecule has 0 spiro atoms.